The van der Waals surface area contributed by atoms with E-state index >= 15 is 0 Å². The zero-order valence-electron chi connectivity index (χ0n) is 13.1. The summed E-state index contributed by atoms with van der Waals surface area (Å²) in [6, 6.07) is 7.61. The molecule has 0 bridgehead atoms. The van der Waals surface area contributed by atoms with Crippen LogP contribution in [0.1, 0.15) is 39.6 Å². The van der Waals surface area contributed by atoms with Crippen molar-refractivity contribution in [2.45, 2.75) is 39.3 Å². The zero-order chi connectivity index (χ0) is 16.3. The van der Waals surface area contributed by atoms with Gasteiger partial charge in [-0.2, -0.15) is 0 Å². The summed E-state index contributed by atoms with van der Waals surface area (Å²) in [7, 11) is 0. The summed E-state index contributed by atoms with van der Waals surface area (Å²) in [5.74, 6) is 0.677. The number of nitrogens with one attached hydrogen (secondary N) is 2. The predicted octanol–water partition coefficient (Wildman–Crippen LogP) is 4.42. The number of halogens is 1. The van der Waals surface area contributed by atoms with Gasteiger partial charge in [0, 0.05) is 10.0 Å². The van der Waals surface area contributed by atoms with Gasteiger partial charge in [-0.05, 0) is 33.8 Å². The third-order valence-electron chi connectivity index (χ3n) is 2.90. The Balaban J connectivity index is 2.08. The van der Waals surface area contributed by atoms with Gasteiger partial charge in [-0.25, -0.2) is 9.78 Å². The molecule has 1 heterocycles. The number of rotatable bonds is 3. The van der Waals surface area contributed by atoms with E-state index < -0.39 is 11.7 Å². The molecular weight excluding hydrogens is 346 g/mol. The summed E-state index contributed by atoms with van der Waals surface area (Å²) in [5.41, 5.74) is 1.39. The number of nitrogens with zero attached hydrogens (tertiary/aromatic N) is 1. The molecule has 0 spiro atoms. The standard InChI is InChI=1S/C16H20BrN3O2/c1-10(19-15(21)22-16(2,3)4)14-18-9-13(20-14)11-7-5-6-8-12(11)17/h5-10H,1-4H3,(H,18,20)(H,19,21). The smallest absolute Gasteiger partial charge is 0.408 e. The van der Waals surface area contributed by atoms with Crippen LogP contribution in [0.4, 0.5) is 4.79 Å². The fraction of sp³-hybridized carbons (Fsp3) is 0.375. The Morgan fingerprint density at radius 1 is 1.36 bits per heavy atom. The van der Waals surface area contributed by atoms with Gasteiger partial charge >= 0.3 is 6.09 Å². The number of H-pyrrole nitrogens is 1. The molecule has 2 N–H and O–H groups in total. The van der Waals surface area contributed by atoms with Crippen molar-refractivity contribution in [3.8, 4) is 11.3 Å². The number of hydrogen-bond acceptors (Lipinski definition) is 3. The van der Waals surface area contributed by atoms with Crippen molar-refractivity contribution in [3.05, 3.63) is 40.8 Å². The fourth-order valence-corrected chi connectivity index (χ4v) is 2.42. The summed E-state index contributed by atoms with van der Waals surface area (Å²) in [6.07, 6.45) is 1.29. The van der Waals surface area contributed by atoms with Crippen molar-refractivity contribution in [3.63, 3.8) is 0 Å². The van der Waals surface area contributed by atoms with Crippen LogP contribution in [0.3, 0.4) is 0 Å². The van der Waals surface area contributed by atoms with Gasteiger partial charge in [0.25, 0.3) is 0 Å². The number of imidazole rings is 1. The number of carbonyl (C=O) groups is 1. The Morgan fingerprint density at radius 3 is 2.68 bits per heavy atom. The molecule has 5 nitrogen and oxygen atoms in total. The maximum Gasteiger partial charge on any atom is 0.408 e. The lowest BCUT2D eigenvalue weighted by Gasteiger charge is -2.21. The Kier molecular flexibility index (Phi) is 4.90. The monoisotopic (exact) mass is 365 g/mol. The van der Waals surface area contributed by atoms with E-state index in [1.54, 1.807) is 6.20 Å². The zero-order valence-corrected chi connectivity index (χ0v) is 14.7. The van der Waals surface area contributed by atoms with E-state index in [0.29, 0.717) is 5.82 Å². The first kappa shape index (κ1) is 16.5. The van der Waals surface area contributed by atoms with E-state index in [9.17, 15) is 4.79 Å². The van der Waals surface area contributed by atoms with E-state index in [1.807, 2.05) is 52.0 Å². The van der Waals surface area contributed by atoms with E-state index in [1.165, 1.54) is 0 Å². The Labute approximate surface area is 138 Å². The Hall–Kier alpha value is -1.82. The van der Waals surface area contributed by atoms with E-state index in [2.05, 4.69) is 31.2 Å². The van der Waals surface area contributed by atoms with Crippen LogP contribution in [0.15, 0.2) is 34.9 Å². The molecule has 1 aromatic heterocycles. The molecule has 1 aromatic carbocycles. The molecule has 0 saturated heterocycles. The molecule has 0 radical (unpaired) electrons. The first-order valence-electron chi connectivity index (χ1n) is 7.05. The van der Waals surface area contributed by atoms with Crippen LogP contribution in [-0.2, 0) is 4.74 Å². The summed E-state index contributed by atoms with van der Waals surface area (Å²) < 4.78 is 6.23. The number of benzene rings is 1. The highest BCUT2D eigenvalue weighted by molar-refractivity contribution is 9.10. The van der Waals surface area contributed by atoms with Crippen LogP contribution in [0, 0.1) is 0 Å². The van der Waals surface area contributed by atoms with Crippen LogP contribution in [0.5, 0.6) is 0 Å². The number of carbonyl (C=O) groups excluding carboxylic acids is 1. The lowest BCUT2D eigenvalue weighted by atomic mass is 10.2. The van der Waals surface area contributed by atoms with Crippen molar-refractivity contribution < 1.29 is 9.53 Å². The molecule has 22 heavy (non-hydrogen) atoms. The van der Waals surface area contributed by atoms with E-state index in [-0.39, 0.29) is 6.04 Å². The molecule has 1 unspecified atom stereocenters. The average molecular weight is 366 g/mol. The number of alkyl carbamates (subject to hydrolysis) is 1. The van der Waals surface area contributed by atoms with Gasteiger partial charge in [0.15, 0.2) is 0 Å². The molecule has 1 amide bonds. The maximum atomic E-state index is 11.8. The van der Waals surface area contributed by atoms with E-state index in [4.69, 9.17) is 4.74 Å². The van der Waals surface area contributed by atoms with Gasteiger partial charge in [-0.3, -0.25) is 0 Å². The summed E-state index contributed by atoms with van der Waals surface area (Å²) >= 11 is 3.52. The Bertz CT molecular complexity index is 661. The quantitative estimate of drug-likeness (QED) is 0.845. The predicted molar refractivity (Wildman–Crippen MR) is 89.5 cm³/mol. The van der Waals surface area contributed by atoms with Gasteiger partial charge in [0.1, 0.15) is 11.4 Å². The fourth-order valence-electron chi connectivity index (χ4n) is 1.93. The second-order valence-electron chi connectivity index (χ2n) is 6.03. The molecule has 0 aliphatic heterocycles. The van der Waals surface area contributed by atoms with Gasteiger partial charge in [-0.15, -0.1) is 0 Å². The van der Waals surface area contributed by atoms with Crippen molar-refractivity contribution in [2.75, 3.05) is 0 Å². The van der Waals surface area contributed by atoms with Gasteiger partial charge in [-0.1, -0.05) is 34.1 Å². The first-order chi connectivity index (χ1) is 10.3. The highest BCUT2D eigenvalue weighted by Gasteiger charge is 2.19. The van der Waals surface area contributed by atoms with Crippen LogP contribution in [0.25, 0.3) is 11.3 Å². The lowest BCUT2D eigenvalue weighted by molar-refractivity contribution is 0.0506. The third-order valence-corrected chi connectivity index (χ3v) is 3.59. The molecule has 2 aromatic rings. The maximum absolute atomic E-state index is 11.8. The van der Waals surface area contributed by atoms with Crippen LogP contribution >= 0.6 is 15.9 Å². The molecule has 0 aliphatic rings. The summed E-state index contributed by atoms with van der Waals surface area (Å²) in [5, 5.41) is 2.77. The van der Waals surface area contributed by atoms with Crippen LogP contribution in [-0.4, -0.2) is 21.7 Å². The van der Waals surface area contributed by atoms with Crippen molar-refractivity contribution >= 4 is 22.0 Å². The lowest BCUT2D eigenvalue weighted by Crippen LogP contribution is -2.34. The molecule has 0 fully saturated rings. The highest BCUT2D eigenvalue weighted by Crippen LogP contribution is 2.27. The number of ether oxygens (including phenoxy) is 1. The molecule has 1 atom stereocenters. The third kappa shape index (κ3) is 4.34. The molecule has 118 valence electrons. The first-order valence-corrected chi connectivity index (χ1v) is 7.85. The number of aromatic nitrogens is 2. The minimum absolute atomic E-state index is 0.272. The SMILES string of the molecule is CC(NC(=O)OC(C)(C)C)c1ncc(-c2ccccc2Br)[nH]1. The van der Waals surface area contributed by atoms with Crippen LogP contribution in [0.2, 0.25) is 0 Å². The highest BCUT2D eigenvalue weighted by atomic mass is 79.9. The molecule has 0 aliphatic carbocycles. The largest absolute Gasteiger partial charge is 0.444 e. The summed E-state index contributed by atoms with van der Waals surface area (Å²) in [4.78, 5) is 19.4. The average Bonchev–Trinajstić information content (AvgIpc) is 2.86. The number of aromatic amines is 1. The molecule has 0 saturated carbocycles. The van der Waals surface area contributed by atoms with Crippen molar-refractivity contribution in [2.24, 2.45) is 0 Å². The van der Waals surface area contributed by atoms with E-state index in [0.717, 1.165) is 15.7 Å². The molecular formula is C16H20BrN3O2. The van der Waals surface area contributed by atoms with Crippen LogP contribution < -0.4 is 5.32 Å². The normalized spacial score (nSPS) is 12.8. The minimum Gasteiger partial charge on any atom is -0.444 e. The number of amides is 1. The summed E-state index contributed by atoms with van der Waals surface area (Å²) in [6.45, 7) is 7.34. The molecule has 6 heteroatoms. The minimum atomic E-state index is -0.521. The van der Waals surface area contributed by atoms with Crippen molar-refractivity contribution in [1.82, 2.24) is 15.3 Å². The van der Waals surface area contributed by atoms with Gasteiger partial charge in [0.2, 0.25) is 0 Å². The second-order valence-corrected chi connectivity index (χ2v) is 6.88. The van der Waals surface area contributed by atoms with Gasteiger partial charge in [0.05, 0.1) is 17.9 Å². The Morgan fingerprint density at radius 2 is 2.05 bits per heavy atom. The topological polar surface area (TPSA) is 67.0 Å². The molecule has 2 rings (SSSR count). The second kappa shape index (κ2) is 6.52. The van der Waals surface area contributed by atoms with Gasteiger partial charge < -0.3 is 15.0 Å². The van der Waals surface area contributed by atoms with Crippen molar-refractivity contribution in [1.29, 1.82) is 0 Å². The number of hydrogen-bond donors (Lipinski definition) is 2.